The molecule has 3 aromatic rings. The van der Waals surface area contributed by atoms with Crippen LogP contribution in [0.25, 0.3) is 10.9 Å². The van der Waals surface area contributed by atoms with Gasteiger partial charge in [0.2, 0.25) is 17.7 Å². The summed E-state index contributed by atoms with van der Waals surface area (Å²) in [7, 11) is 0. The van der Waals surface area contributed by atoms with Gasteiger partial charge in [0.1, 0.15) is 23.9 Å². The molecule has 3 amide bonds. The Morgan fingerprint density at radius 2 is 1.51 bits per heavy atom. The molecule has 0 saturated carbocycles. The third-order valence-corrected chi connectivity index (χ3v) is 5.94. The van der Waals surface area contributed by atoms with Gasteiger partial charge in [-0.1, -0.05) is 30.3 Å². The number of rotatable bonds is 11. The first-order valence-electron chi connectivity index (χ1n) is 11.8. The number of carboxylic acids is 1. The average molecular weight is 510 g/mol. The monoisotopic (exact) mass is 509 g/mol. The molecular weight excluding hydrogens is 478 g/mol. The molecule has 11 nitrogen and oxygen atoms in total. The summed E-state index contributed by atoms with van der Waals surface area (Å²) in [5, 5.41) is 27.0. The van der Waals surface area contributed by atoms with Crippen molar-refractivity contribution >= 4 is 34.6 Å². The van der Waals surface area contributed by atoms with Crippen LogP contribution in [0.1, 0.15) is 25.0 Å². The maximum absolute atomic E-state index is 13.1. The Kier molecular flexibility index (Phi) is 8.86. The van der Waals surface area contributed by atoms with Gasteiger partial charge in [-0.2, -0.15) is 0 Å². The zero-order valence-corrected chi connectivity index (χ0v) is 20.5. The van der Waals surface area contributed by atoms with Crippen molar-refractivity contribution < 1.29 is 29.4 Å². The molecule has 0 aliphatic rings. The first kappa shape index (κ1) is 27.2. The Labute approximate surface area is 213 Å². The number of phenols is 1. The molecule has 11 heteroatoms. The van der Waals surface area contributed by atoms with Gasteiger partial charge in [0.25, 0.3) is 0 Å². The van der Waals surface area contributed by atoms with Crippen molar-refractivity contribution in [3.8, 4) is 5.75 Å². The highest BCUT2D eigenvalue weighted by molar-refractivity contribution is 5.94. The number of aliphatic carboxylic acids is 1. The summed E-state index contributed by atoms with van der Waals surface area (Å²) in [5.41, 5.74) is 8.61. The lowest BCUT2D eigenvalue weighted by atomic mass is 10.0. The molecule has 0 saturated heterocycles. The Bertz CT molecular complexity index is 1270. The maximum atomic E-state index is 13.1. The number of aromatic amines is 1. The van der Waals surface area contributed by atoms with E-state index >= 15 is 0 Å². The highest BCUT2D eigenvalue weighted by Gasteiger charge is 2.28. The summed E-state index contributed by atoms with van der Waals surface area (Å²) in [6, 6.07) is 9.51. The van der Waals surface area contributed by atoms with E-state index in [1.54, 1.807) is 18.3 Å². The van der Waals surface area contributed by atoms with E-state index in [1.165, 1.54) is 26.0 Å². The van der Waals surface area contributed by atoms with E-state index in [-0.39, 0.29) is 18.6 Å². The van der Waals surface area contributed by atoms with Crippen LogP contribution < -0.4 is 21.7 Å². The standard InChI is InChI=1S/C26H31N5O6/c1-14(23(33)30-15(2)26(36)37)29-25(35)22(11-16-7-9-18(32)10-8-16)31-24(34)20(27)12-17-13-28-21-6-4-3-5-19(17)21/h3-10,13-15,20,22,28,32H,11-12,27H2,1-2H3,(H,29,35)(H,30,33)(H,31,34)(H,36,37). The van der Waals surface area contributed by atoms with Crippen LogP contribution in [-0.2, 0) is 32.0 Å². The number of carbonyl (C=O) groups is 4. The van der Waals surface area contributed by atoms with Gasteiger partial charge in [0.05, 0.1) is 6.04 Å². The lowest BCUT2D eigenvalue weighted by molar-refractivity contribution is -0.141. The second kappa shape index (κ2) is 12.0. The number of hydrogen-bond acceptors (Lipinski definition) is 6. The second-order valence-electron chi connectivity index (χ2n) is 8.90. The Balaban J connectivity index is 1.71. The topological polar surface area (TPSA) is 187 Å². The number of fused-ring (bicyclic) bond motifs is 1. The van der Waals surface area contributed by atoms with E-state index in [4.69, 9.17) is 10.8 Å². The van der Waals surface area contributed by atoms with E-state index in [0.717, 1.165) is 16.5 Å². The van der Waals surface area contributed by atoms with E-state index in [2.05, 4.69) is 20.9 Å². The number of nitrogens with two attached hydrogens (primary N) is 1. The molecule has 0 radical (unpaired) electrons. The molecule has 8 N–H and O–H groups in total. The summed E-state index contributed by atoms with van der Waals surface area (Å²) in [5.74, 6) is -3.05. The van der Waals surface area contributed by atoms with Gasteiger partial charge < -0.3 is 36.9 Å². The van der Waals surface area contributed by atoms with Crippen LogP contribution in [0.2, 0.25) is 0 Å². The SMILES string of the molecule is CC(NC(=O)C(C)NC(=O)C(Cc1ccc(O)cc1)NC(=O)C(N)Cc1c[nH]c2ccccc12)C(=O)O. The molecule has 0 aliphatic heterocycles. The molecular formula is C26H31N5O6. The van der Waals surface area contributed by atoms with E-state index in [0.29, 0.717) is 5.56 Å². The molecule has 37 heavy (non-hydrogen) atoms. The van der Waals surface area contributed by atoms with Crippen molar-refractivity contribution in [1.29, 1.82) is 0 Å². The Morgan fingerprint density at radius 1 is 0.865 bits per heavy atom. The van der Waals surface area contributed by atoms with E-state index < -0.39 is 47.9 Å². The normalized spacial score (nSPS) is 14.2. The van der Waals surface area contributed by atoms with Crippen molar-refractivity contribution in [2.24, 2.45) is 5.73 Å². The summed E-state index contributed by atoms with van der Waals surface area (Å²) in [6.45, 7) is 2.71. The zero-order valence-electron chi connectivity index (χ0n) is 20.5. The molecule has 0 bridgehead atoms. The quantitative estimate of drug-likeness (QED) is 0.197. The van der Waals surface area contributed by atoms with Crippen molar-refractivity contribution in [2.45, 2.75) is 50.9 Å². The number of H-pyrrole nitrogens is 1. The number of carboxylic acid groups (broad SMARTS) is 1. The number of carbonyl (C=O) groups excluding carboxylic acids is 3. The molecule has 3 rings (SSSR count). The van der Waals surface area contributed by atoms with Gasteiger partial charge in [-0.3, -0.25) is 19.2 Å². The first-order valence-corrected chi connectivity index (χ1v) is 11.8. The van der Waals surface area contributed by atoms with Gasteiger partial charge in [-0.25, -0.2) is 0 Å². The molecule has 1 heterocycles. The number of para-hydroxylation sites is 1. The van der Waals surface area contributed by atoms with Crippen LogP contribution in [0, 0.1) is 0 Å². The predicted molar refractivity (Wildman–Crippen MR) is 137 cm³/mol. The summed E-state index contributed by atoms with van der Waals surface area (Å²) in [4.78, 5) is 52.5. The van der Waals surface area contributed by atoms with Gasteiger partial charge in [-0.05, 0) is 49.6 Å². The average Bonchev–Trinajstić information content (AvgIpc) is 3.27. The predicted octanol–water partition coefficient (Wildman–Crippen LogP) is 0.565. The van der Waals surface area contributed by atoms with Gasteiger partial charge >= 0.3 is 5.97 Å². The lowest BCUT2D eigenvalue weighted by Crippen LogP contribution is -2.56. The molecule has 4 unspecified atom stereocenters. The molecule has 2 aromatic carbocycles. The molecule has 0 aliphatic carbocycles. The highest BCUT2D eigenvalue weighted by Crippen LogP contribution is 2.19. The van der Waals surface area contributed by atoms with Crippen LogP contribution in [0.4, 0.5) is 0 Å². The molecule has 4 atom stereocenters. The van der Waals surface area contributed by atoms with Crippen LogP contribution in [-0.4, -0.2) is 63.1 Å². The number of aromatic hydroxyl groups is 1. The van der Waals surface area contributed by atoms with Gasteiger partial charge in [-0.15, -0.1) is 0 Å². The van der Waals surface area contributed by atoms with Crippen molar-refractivity contribution in [1.82, 2.24) is 20.9 Å². The number of hydrogen-bond donors (Lipinski definition) is 7. The number of phenolic OH excluding ortho intramolecular Hbond substituents is 1. The largest absolute Gasteiger partial charge is 0.508 e. The second-order valence-corrected chi connectivity index (χ2v) is 8.90. The van der Waals surface area contributed by atoms with Crippen LogP contribution in [0.3, 0.4) is 0 Å². The number of nitrogens with one attached hydrogen (secondary N) is 4. The van der Waals surface area contributed by atoms with Crippen molar-refractivity contribution in [3.05, 3.63) is 65.9 Å². The van der Waals surface area contributed by atoms with Crippen molar-refractivity contribution in [2.75, 3.05) is 0 Å². The fourth-order valence-electron chi connectivity index (χ4n) is 3.77. The fraction of sp³-hybridized carbons (Fsp3) is 0.308. The lowest BCUT2D eigenvalue weighted by Gasteiger charge is -2.23. The van der Waals surface area contributed by atoms with Crippen LogP contribution in [0.5, 0.6) is 5.75 Å². The minimum Gasteiger partial charge on any atom is -0.508 e. The molecule has 0 spiro atoms. The van der Waals surface area contributed by atoms with E-state index in [9.17, 15) is 24.3 Å². The minimum absolute atomic E-state index is 0.0485. The molecule has 196 valence electrons. The smallest absolute Gasteiger partial charge is 0.325 e. The Morgan fingerprint density at radius 3 is 2.19 bits per heavy atom. The Hall–Kier alpha value is -4.38. The summed E-state index contributed by atoms with van der Waals surface area (Å²) >= 11 is 0. The van der Waals surface area contributed by atoms with Crippen molar-refractivity contribution in [3.63, 3.8) is 0 Å². The number of aromatic nitrogens is 1. The van der Waals surface area contributed by atoms with Gasteiger partial charge in [0.15, 0.2) is 0 Å². The third-order valence-electron chi connectivity index (χ3n) is 5.94. The maximum Gasteiger partial charge on any atom is 0.325 e. The number of benzene rings is 2. The molecule has 1 aromatic heterocycles. The summed E-state index contributed by atoms with van der Waals surface area (Å²) in [6.07, 6.45) is 2.09. The highest BCUT2D eigenvalue weighted by atomic mass is 16.4. The molecule has 0 fully saturated rings. The summed E-state index contributed by atoms with van der Waals surface area (Å²) < 4.78 is 0. The zero-order chi connectivity index (χ0) is 27.1. The van der Waals surface area contributed by atoms with E-state index in [1.807, 2.05) is 24.3 Å². The fourth-order valence-corrected chi connectivity index (χ4v) is 3.77. The van der Waals surface area contributed by atoms with Gasteiger partial charge in [0, 0.05) is 23.5 Å². The first-order chi connectivity index (χ1) is 17.5. The minimum atomic E-state index is -1.21. The number of amides is 3. The third kappa shape index (κ3) is 7.31. The van der Waals surface area contributed by atoms with Crippen LogP contribution >= 0.6 is 0 Å². The van der Waals surface area contributed by atoms with Crippen LogP contribution in [0.15, 0.2) is 54.7 Å².